The molecule has 1 fully saturated rings. The summed E-state index contributed by atoms with van der Waals surface area (Å²) in [6.45, 7) is 10.1. The van der Waals surface area contributed by atoms with Crippen LogP contribution in [0.15, 0.2) is 11.6 Å². The van der Waals surface area contributed by atoms with Crippen molar-refractivity contribution >= 4 is 0 Å². The third-order valence-corrected chi connectivity index (χ3v) is 4.32. The average molecular weight is 251 g/mol. The second kappa shape index (κ2) is 8.74. The Morgan fingerprint density at radius 1 is 1.17 bits per heavy atom. The van der Waals surface area contributed by atoms with Crippen molar-refractivity contribution in [1.82, 2.24) is 5.32 Å². The van der Waals surface area contributed by atoms with E-state index >= 15 is 0 Å². The zero-order chi connectivity index (χ0) is 13.4. The summed E-state index contributed by atoms with van der Waals surface area (Å²) in [6, 6.07) is 0.618. The molecule has 1 rings (SSSR count). The Morgan fingerprint density at radius 3 is 2.33 bits per heavy atom. The van der Waals surface area contributed by atoms with Gasteiger partial charge in [-0.3, -0.25) is 0 Å². The lowest BCUT2D eigenvalue weighted by atomic mass is 9.76. The molecule has 1 unspecified atom stereocenters. The third kappa shape index (κ3) is 5.56. The van der Waals surface area contributed by atoms with Gasteiger partial charge in [-0.15, -0.1) is 0 Å². The van der Waals surface area contributed by atoms with Crippen molar-refractivity contribution < 1.29 is 0 Å². The van der Waals surface area contributed by atoms with E-state index in [4.69, 9.17) is 0 Å². The van der Waals surface area contributed by atoms with Crippen molar-refractivity contribution in [2.24, 2.45) is 11.8 Å². The smallest absolute Gasteiger partial charge is 0.0280 e. The molecule has 0 saturated heterocycles. The quantitative estimate of drug-likeness (QED) is 0.633. The fraction of sp³-hybridized carbons (Fsp3) is 0.882. The number of rotatable bonds is 7. The van der Waals surface area contributed by atoms with Crippen molar-refractivity contribution in [2.75, 3.05) is 6.54 Å². The van der Waals surface area contributed by atoms with Crippen LogP contribution in [0.2, 0.25) is 0 Å². The fourth-order valence-corrected chi connectivity index (χ4v) is 3.29. The number of unbranched alkanes of at least 4 members (excludes halogenated alkanes) is 1. The highest BCUT2D eigenvalue weighted by Crippen LogP contribution is 2.34. The summed E-state index contributed by atoms with van der Waals surface area (Å²) in [5.74, 6) is 1.90. The summed E-state index contributed by atoms with van der Waals surface area (Å²) >= 11 is 0. The Morgan fingerprint density at radius 2 is 1.83 bits per heavy atom. The minimum absolute atomic E-state index is 0.618. The molecule has 1 nitrogen and oxygen atoms in total. The standard InChI is InChI=1S/C17H33N/c1-5-7-8-15-9-11-16(12-10-15)17(18-6-2)13-14(3)4/h13,15-18H,5-12H2,1-4H3. The van der Waals surface area contributed by atoms with Gasteiger partial charge in [-0.05, 0) is 45.1 Å². The van der Waals surface area contributed by atoms with Crippen LogP contribution in [0.4, 0.5) is 0 Å². The van der Waals surface area contributed by atoms with Gasteiger partial charge in [0, 0.05) is 6.04 Å². The largest absolute Gasteiger partial charge is 0.311 e. The summed E-state index contributed by atoms with van der Waals surface area (Å²) < 4.78 is 0. The number of nitrogens with one attached hydrogen (secondary N) is 1. The van der Waals surface area contributed by atoms with Crippen LogP contribution >= 0.6 is 0 Å². The molecule has 1 atom stereocenters. The first-order valence-electron chi connectivity index (χ1n) is 8.05. The van der Waals surface area contributed by atoms with Gasteiger partial charge < -0.3 is 5.32 Å². The lowest BCUT2D eigenvalue weighted by Crippen LogP contribution is -2.36. The molecular formula is C17H33N. The van der Waals surface area contributed by atoms with E-state index in [-0.39, 0.29) is 0 Å². The van der Waals surface area contributed by atoms with Crippen molar-refractivity contribution in [1.29, 1.82) is 0 Å². The van der Waals surface area contributed by atoms with Crippen molar-refractivity contribution in [3.05, 3.63) is 11.6 Å². The second-order valence-corrected chi connectivity index (χ2v) is 6.25. The topological polar surface area (TPSA) is 12.0 Å². The van der Waals surface area contributed by atoms with E-state index in [0.717, 1.165) is 18.4 Å². The molecule has 0 radical (unpaired) electrons. The summed E-state index contributed by atoms with van der Waals surface area (Å²) in [5, 5.41) is 3.67. The predicted molar refractivity (Wildman–Crippen MR) is 81.9 cm³/mol. The number of hydrogen-bond donors (Lipinski definition) is 1. The van der Waals surface area contributed by atoms with E-state index in [2.05, 4.69) is 39.1 Å². The van der Waals surface area contributed by atoms with Crippen LogP contribution in [-0.2, 0) is 0 Å². The van der Waals surface area contributed by atoms with Gasteiger partial charge in [0.05, 0.1) is 0 Å². The van der Waals surface area contributed by atoms with Crippen molar-refractivity contribution in [3.8, 4) is 0 Å². The Balaban J connectivity index is 2.41. The molecule has 18 heavy (non-hydrogen) atoms. The molecule has 1 aliphatic rings. The van der Waals surface area contributed by atoms with Gasteiger partial charge in [0.15, 0.2) is 0 Å². The first-order chi connectivity index (χ1) is 8.67. The molecule has 0 aromatic heterocycles. The number of likely N-dealkylation sites (N-methyl/N-ethyl adjacent to an activating group) is 1. The number of hydrogen-bond acceptors (Lipinski definition) is 1. The van der Waals surface area contributed by atoms with Gasteiger partial charge in [-0.2, -0.15) is 0 Å². The molecule has 0 spiro atoms. The molecule has 0 aromatic carbocycles. The Kier molecular flexibility index (Phi) is 7.65. The van der Waals surface area contributed by atoms with Crippen molar-refractivity contribution in [2.45, 2.75) is 78.7 Å². The van der Waals surface area contributed by atoms with Crippen LogP contribution < -0.4 is 5.32 Å². The summed E-state index contributed by atoms with van der Waals surface area (Å²) in [4.78, 5) is 0. The first-order valence-corrected chi connectivity index (χ1v) is 8.05. The molecule has 1 saturated carbocycles. The van der Waals surface area contributed by atoms with Crippen LogP contribution in [0.1, 0.15) is 72.6 Å². The summed E-state index contributed by atoms with van der Waals surface area (Å²) in [6.07, 6.45) is 12.5. The van der Waals surface area contributed by atoms with E-state index in [1.807, 2.05) is 0 Å². The molecule has 0 aromatic rings. The highest BCUT2D eigenvalue weighted by Gasteiger charge is 2.25. The lowest BCUT2D eigenvalue weighted by molar-refractivity contribution is 0.231. The molecule has 1 N–H and O–H groups in total. The Labute approximate surface area is 114 Å². The Hall–Kier alpha value is -0.300. The van der Waals surface area contributed by atoms with E-state index in [9.17, 15) is 0 Å². The maximum atomic E-state index is 3.67. The van der Waals surface area contributed by atoms with Crippen LogP contribution in [0.25, 0.3) is 0 Å². The van der Waals surface area contributed by atoms with E-state index in [0.29, 0.717) is 6.04 Å². The maximum absolute atomic E-state index is 3.67. The van der Waals surface area contributed by atoms with E-state index < -0.39 is 0 Å². The molecular weight excluding hydrogens is 218 g/mol. The Bertz CT molecular complexity index is 232. The minimum atomic E-state index is 0.618. The highest BCUT2D eigenvalue weighted by atomic mass is 14.9. The fourth-order valence-electron chi connectivity index (χ4n) is 3.29. The first kappa shape index (κ1) is 15.8. The van der Waals surface area contributed by atoms with E-state index in [1.54, 1.807) is 0 Å². The van der Waals surface area contributed by atoms with Crippen LogP contribution in [0.3, 0.4) is 0 Å². The molecule has 106 valence electrons. The van der Waals surface area contributed by atoms with Crippen LogP contribution in [0, 0.1) is 11.8 Å². The van der Waals surface area contributed by atoms with Gasteiger partial charge in [-0.1, -0.05) is 57.6 Å². The molecule has 1 heteroatoms. The average Bonchev–Trinajstić information content (AvgIpc) is 2.36. The zero-order valence-corrected chi connectivity index (χ0v) is 13.0. The SMILES string of the molecule is CCCCC1CCC(C(C=C(C)C)NCC)CC1. The van der Waals surface area contributed by atoms with Gasteiger partial charge in [0.1, 0.15) is 0 Å². The highest BCUT2D eigenvalue weighted by molar-refractivity contribution is 5.03. The lowest BCUT2D eigenvalue weighted by Gasteiger charge is -2.33. The summed E-state index contributed by atoms with van der Waals surface area (Å²) in [7, 11) is 0. The molecule has 0 aliphatic heterocycles. The molecule has 0 amide bonds. The van der Waals surface area contributed by atoms with Gasteiger partial charge in [0.25, 0.3) is 0 Å². The molecule has 0 bridgehead atoms. The van der Waals surface area contributed by atoms with Gasteiger partial charge in [0.2, 0.25) is 0 Å². The van der Waals surface area contributed by atoms with Crippen molar-refractivity contribution in [3.63, 3.8) is 0 Å². The summed E-state index contributed by atoms with van der Waals surface area (Å²) in [5.41, 5.74) is 1.45. The number of allylic oxidation sites excluding steroid dienone is 1. The monoisotopic (exact) mass is 251 g/mol. The zero-order valence-electron chi connectivity index (χ0n) is 13.0. The van der Waals surface area contributed by atoms with Gasteiger partial charge in [-0.25, -0.2) is 0 Å². The molecule has 1 aliphatic carbocycles. The molecule has 0 heterocycles. The van der Waals surface area contributed by atoms with Crippen LogP contribution in [-0.4, -0.2) is 12.6 Å². The third-order valence-electron chi connectivity index (χ3n) is 4.32. The minimum Gasteiger partial charge on any atom is -0.311 e. The second-order valence-electron chi connectivity index (χ2n) is 6.25. The van der Waals surface area contributed by atoms with Crippen LogP contribution in [0.5, 0.6) is 0 Å². The van der Waals surface area contributed by atoms with Gasteiger partial charge >= 0.3 is 0 Å². The normalized spacial score (nSPS) is 25.8. The predicted octanol–water partition coefficient (Wildman–Crippen LogP) is 4.93. The van der Waals surface area contributed by atoms with E-state index in [1.165, 1.54) is 50.5 Å². The maximum Gasteiger partial charge on any atom is 0.0280 e.